The Balaban J connectivity index is 1.45. The zero-order valence-corrected chi connectivity index (χ0v) is 23.6. The summed E-state index contributed by atoms with van der Waals surface area (Å²) in [6.45, 7) is 6.21. The number of carbonyl (C=O) groups is 4. The van der Waals surface area contributed by atoms with E-state index in [-0.39, 0.29) is 49.0 Å². The van der Waals surface area contributed by atoms with E-state index in [0.29, 0.717) is 32.9 Å². The molecule has 0 saturated carbocycles. The number of carbonyl (C=O) groups excluding carboxylic acids is 4. The lowest BCUT2D eigenvalue weighted by Crippen LogP contribution is -2.50. The maximum Gasteiger partial charge on any atom is 0.234 e. The Bertz CT molecular complexity index is 1210. The minimum Gasteiger partial charge on any atom is -0.508 e. The first-order valence-corrected chi connectivity index (χ1v) is 14.1. The number of nitrogens with one attached hydrogen (secondary N) is 2. The average molecular weight is 566 g/mol. The monoisotopic (exact) mass is 565 g/mol. The van der Waals surface area contributed by atoms with Gasteiger partial charge in [-0.15, -0.1) is 0 Å². The molecule has 0 aromatic heterocycles. The van der Waals surface area contributed by atoms with E-state index in [1.165, 1.54) is 12.1 Å². The second kappa shape index (κ2) is 13.8. The fraction of sp³-hybridized carbons (Fsp3) is 0.484. The van der Waals surface area contributed by atoms with E-state index >= 15 is 0 Å². The molecule has 0 bridgehead atoms. The highest BCUT2D eigenvalue weighted by Gasteiger charge is 2.50. The molecule has 2 aromatic rings. The van der Waals surface area contributed by atoms with Gasteiger partial charge in [0.05, 0.1) is 38.4 Å². The summed E-state index contributed by atoms with van der Waals surface area (Å²) in [5, 5.41) is 15.4. The van der Waals surface area contributed by atoms with E-state index in [4.69, 9.17) is 9.47 Å². The Morgan fingerprint density at radius 2 is 1.59 bits per heavy atom. The lowest BCUT2D eigenvalue weighted by molar-refractivity contribution is -0.134. The van der Waals surface area contributed by atoms with Crippen molar-refractivity contribution in [1.29, 1.82) is 0 Å². The molecule has 2 aliphatic heterocycles. The maximum atomic E-state index is 13.7. The van der Waals surface area contributed by atoms with Crippen LogP contribution in [0, 0.1) is 5.92 Å². The van der Waals surface area contributed by atoms with Gasteiger partial charge in [-0.3, -0.25) is 24.1 Å². The number of amides is 2. The highest BCUT2D eigenvalue weighted by atomic mass is 16.6. The van der Waals surface area contributed by atoms with E-state index in [1.807, 2.05) is 35.2 Å². The summed E-state index contributed by atoms with van der Waals surface area (Å²) in [6.07, 6.45) is 0.371. The second-order valence-corrected chi connectivity index (χ2v) is 11.1. The van der Waals surface area contributed by atoms with Gasteiger partial charge in [0.1, 0.15) is 11.4 Å². The Morgan fingerprint density at radius 1 is 0.951 bits per heavy atom. The topological polar surface area (TPSA) is 138 Å². The van der Waals surface area contributed by atoms with Gasteiger partial charge in [-0.2, -0.15) is 0 Å². The van der Waals surface area contributed by atoms with Crippen molar-refractivity contribution in [2.24, 2.45) is 5.92 Å². The van der Waals surface area contributed by atoms with Crippen LogP contribution < -0.4 is 10.6 Å². The van der Waals surface area contributed by atoms with Crippen LogP contribution in [0.4, 0.5) is 0 Å². The molecule has 2 heterocycles. The molecule has 10 heteroatoms. The number of benzene rings is 2. The van der Waals surface area contributed by atoms with Crippen LogP contribution in [0.15, 0.2) is 54.6 Å². The summed E-state index contributed by atoms with van der Waals surface area (Å²) in [5.74, 6) is -1.91. The number of Topliss-reactive ketones (excluding diaryl/α,β-unsaturated/α-hetero) is 2. The number of rotatable bonds is 14. The van der Waals surface area contributed by atoms with E-state index in [1.54, 1.807) is 26.0 Å². The molecule has 0 aliphatic carbocycles. The van der Waals surface area contributed by atoms with Crippen LogP contribution in [0.1, 0.15) is 31.4 Å². The molecule has 3 N–H and O–H groups in total. The van der Waals surface area contributed by atoms with Gasteiger partial charge in [-0.05, 0) is 49.9 Å². The fourth-order valence-corrected chi connectivity index (χ4v) is 4.89. The van der Waals surface area contributed by atoms with E-state index < -0.39 is 29.5 Å². The summed E-state index contributed by atoms with van der Waals surface area (Å²) in [7, 11) is 0. The Kier molecular flexibility index (Phi) is 10.3. The number of phenolic OH excluding ortho intramolecular Hbond substituents is 1. The van der Waals surface area contributed by atoms with Crippen molar-refractivity contribution >= 4 is 23.4 Å². The Morgan fingerprint density at radius 3 is 2.22 bits per heavy atom. The van der Waals surface area contributed by atoms with Gasteiger partial charge in [0.2, 0.25) is 11.8 Å². The van der Waals surface area contributed by atoms with Crippen LogP contribution in [0.5, 0.6) is 5.75 Å². The quantitative estimate of drug-likeness (QED) is 0.293. The average Bonchev–Trinajstić information content (AvgIpc) is 3.72. The van der Waals surface area contributed by atoms with Gasteiger partial charge in [0.25, 0.3) is 0 Å². The van der Waals surface area contributed by atoms with E-state index in [0.717, 1.165) is 11.1 Å². The summed E-state index contributed by atoms with van der Waals surface area (Å²) in [6, 6.07) is 14.2. The predicted octanol–water partition coefficient (Wildman–Crippen LogP) is 1.43. The number of hydrogen-bond acceptors (Lipinski definition) is 8. The maximum absolute atomic E-state index is 13.7. The van der Waals surface area contributed by atoms with Gasteiger partial charge in [-0.1, -0.05) is 42.5 Å². The predicted molar refractivity (Wildman–Crippen MR) is 151 cm³/mol. The minimum atomic E-state index is -0.936. The van der Waals surface area contributed by atoms with Crippen LogP contribution >= 0.6 is 0 Å². The molecule has 2 aliphatic rings. The molecule has 220 valence electrons. The third kappa shape index (κ3) is 8.94. The first-order valence-electron chi connectivity index (χ1n) is 14.1. The molecule has 10 nitrogen and oxygen atoms in total. The summed E-state index contributed by atoms with van der Waals surface area (Å²) < 4.78 is 10.7. The molecule has 4 atom stereocenters. The number of aromatic hydroxyl groups is 1. The van der Waals surface area contributed by atoms with E-state index in [2.05, 4.69) is 10.6 Å². The molecule has 0 unspecified atom stereocenters. The molecule has 41 heavy (non-hydrogen) atoms. The number of nitrogens with zero attached hydrogens (tertiary/aromatic N) is 1. The van der Waals surface area contributed by atoms with Gasteiger partial charge >= 0.3 is 0 Å². The molecular weight excluding hydrogens is 526 g/mol. The number of hydrogen-bond donors (Lipinski definition) is 3. The standard InChI is InChI=1S/C31H39N3O7/c1-21(32-28(37)19-34-12-14-40-15-13-34)27(36)18-24(16-23-8-10-25(35)11-9-23)30(39)33-26(29(38)31(2)20-41-31)17-22-6-4-3-5-7-22/h3-11,21,24,26,35H,12-20H2,1-2H3,(H,32,37)(H,33,39)/t21-,24+,26-,31+/m0/s1. The molecule has 2 saturated heterocycles. The largest absolute Gasteiger partial charge is 0.508 e. The van der Waals surface area contributed by atoms with Crippen molar-refractivity contribution < 1.29 is 33.8 Å². The van der Waals surface area contributed by atoms with Crippen LogP contribution in [0.3, 0.4) is 0 Å². The molecule has 0 radical (unpaired) electrons. The van der Waals surface area contributed by atoms with E-state index in [9.17, 15) is 24.3 Å². The normalized spacial score (nSPS) is 20.8. The second-order valence-electron chi connectivity index (χ2n) is 11.1. The highest BCUT2D eigenvalue weighted by Crippen LogP contribution is 2.29. The lowest BCUT2D eigenvalue weighted by atomic mass is 9.89. The highest BCUT2D eigenvalue weighted by molar-refractivity contribution is 5.98. The lowest BCUT2D eigenvalue weighted by Gasteiger charge is -2.27. The third-order valence-corrected chi connectivity index (χ3v) is 7.58. The number of ketones is 2. The van der Waals surface area contributed by atoms with Crippen molar-refractivity contribution in [2.75, 3.05) is 39.5 Å². The molecule has 2 fully saturated rings. The minimum absolute atomic E-state index is 0.0913. The number of morpholine rings is 1. The molecule has 2 aromatic carbocycles. The van der Waals surface area contributed by atoms with Gasteiger partial charge < -0.3 is 25.2 Å². The fourth-order valence-electron chi connectivity index (χ4n) is 4.89. The first kappa shape index (κ1) is 30.4. The smallest absolute Gasteiger partial charge is 0.234 e. The van der Waals surface area contributed by atoms with Gasteiger partial charge in [0, 0.05) is 25.4 Å². The van der Waals surface area contributed by atoms with Crippen LogP contribution in [0.25, 0.3) is 0 Å². The molecular formula is C31H39N3O7. The Hall–Kier alpha value is -3.60. The number of epoxide rings is 1. The van der Waals surface area contributed by atoms with Gasteiger partial charge in [-0.25, -0.2) is 0 Å². The number of phenols is 1. The summed E-state index contributed by atoms with van der Waals surface area (Å²) >= 11 is 0. The molecule has 4 rings (SSSR count). The molecule has 2 amide bonds. The van der Waals surface area contributed by atoms with Gasteiger partial charge in [0.15, 0.2) is 11.6 Å². The third-order valence-electron chi connectivity index (χ3n) is 7.58. The Labute approximate surface area is 240 Å². The van der Waals surface area contributed by atoms with Crippen LogP contribution in [-0.2, 0) is 41.5 Å². The van der Waals surface area contributed by atoms with Crippen molar-refractivity contribution in [3.8, 4) is 5.75 Å². The van der Waals surface area contributed by atoms with Crippen LogP contribution in [-0.4, -0.2) is 90.5 Å². The van der Waals surface area contributed by atoms with Crippen molar-refractivity contribution in [3.05, 3.63) is 65.7 Å². The summed E-state index contributed by atoms with van der Waals surface area (Å²) in [5.41, 5.74) is 0.704. The molecule has 0 spiro atoms. The van der Waals surface area contributed by atoms with Crippen molar-refractivity contribution in [1.82, 2.24) is 15.5 Å². The van der Waals surface area contributed by atoms with Crippen molar-refractivity contribution in [2.45, 2.75) is 50.8 Å². The van der Waals surface area contributed by atoms with Crippen LogP contribution in [0.2, 0.25) is 0 Å². The zero-order valence-electron chi connectivity index (χ0n) is 23.6. The SMILES string of the molecule is C[C@H](NC(=O)CN1CCOCC1)C(=O)C[C@@H](Cc1ccc(O)cc1)C(=O)N[C@@H](Cc1ccccc1)C(=O)[C@@]1(C)CO1. The van der Waals surface area contributed by atoms with Crippen molar-refractivity contribution in [3.63, 3.8) is 0 Å². The zero-order chi connectivity index (χ0) is 29.4. The first-order chi connectivity index (χ1) is 19.6. The number of ether oxygens (including phenoxy) is 2. The summed E-state index contributed by atoms with van der Waals surface area (Å²) in [4.78, 5) is 54.8.